The van der Waals surface area contributed by atoms with Gasteiger partial charge in [0.25, 0.3) is 0 Å². The quantitative estimate of drug-likeness (QED) is 0.694. The molecule has 1 atom stereocenters. The number of carbonyl (C=O) groups excluding carboxylic acids is 1. The third-order valence-corrected chi connectivity index (χ3v) is 2.33. The summed E-state index contributed by atoms with van der Waals surface area (Å²) in [5, 5.41) is 12.1. The lowest BCUT2D eigenvalue weighted by molar-refractivity contribution is -0.123. The van der Waals surface area contributed by atoms with Crippen molar-refractivity contribution in [2.45, 2.75) is 31.9 Å². The third kappa shape index (κ3) is 5.47. The van der Waals surface area contributed by atoms with Gasteiger partial charge in [-0.3, -0.25) is 4.79 Å². The summed E-state index contributed by atoms with van der Waals surface area (Å²) < 4.78 is 0. The van der Waals surface area contributed by atoms with Crippen molar-refractivity contribution in [2.24, 2.45) is 5.73 Å². The number of hydrogen-bond donors (Lipinski definition) is 3. The van der Waals surface area contributed by atoms with Gasteiger partial charge in [0.05, 0.1) is 11.6 Å². The Morgan fingerprint density at radius 3 is 2.53 bits per heavy atom. The summed E-state index contributed by atoms with van der Waals surface area (Å²) in [7, 11) is 0. The highest BCUT2D eigenvalue weighted by Gasteiger charge is 2.18. The molecule has 0 spiro atoms. The molecule has 0 aromatic heterocycles. The van der Waals surface area contributed by atoms with E-state index in [1.165, 1.54) is 0 Å². The normalized spacial score (nSPS) is 13.2. The molecule has 1 amide bonds. The van der Waals surface area contributed by atoms with Crippen molar-refractivity contribution >= 4 is 5.91 Å². The molecule has 1 aromatic carbocycles. The van der Waals surface area contributed by atoms with Gasteiger partial charge < -0.3 is 16.2 Å². The van der Waals surface area contributed by atoms with Crippen molar-refractivity contribution in [3.05, 3.63) is 35.9 Å². The van der Waals surface area contributed by atoms with Gasteiger partial charge in [-0.05, 0) is 25.8 Å². The van der Waals surface area contributed by atoms with Crippen LogP contribution in [0.5, 0.6) is 0 Å². The van der Waals surface area contributed by atoms with Gasteiger partial charge in [-0.15, -0.1) is 0 Å². The minimum atomic E-state index is -0.915. The molecule has 1 rings (SSSR count). The van der Waals surface area contributed by atoms with Gasteiger partial charge in [-0.25, -0.2) is 0 Å². The molecule has 0 bridgehead atoms. The summed E-state index contributed by atoms with van der Waals surface area (Å²) in [5.41, 5.74) is 5.90. The summed E-state index contributed by atoms with van der Waals surface area (Å²) >= 11 is 0. The highest BCUT2D eigenvalue weighted by atomic mass is 16.3. The van der Waals surface area contributed by atoms with E-state index in [1.54, 1.807) is 13.8 Å². The predicted molar refractivity (Wildman–Crippen MR) is 67.4 cm³/mol. The third-order valence-electron chi connectivity index (χ3n) is 2.33. The van der Waals surface area contributed by atoms with Gasteiger partial charge in [0, 0.05) is 6.54 Å². The van der Waals surface area contributed by atoms with Gasteiger partial charge >= 0.3 is 0 Å². The van der Waals surface area contributed by atoms with E-state index in [9.17, 15) is 9.90 Å². The summed E-state index contributed by atoms with van der Waals surface area (Å²) in [5.74, 6) is -0.240. The molecule has 1 aromatic rings. The molecule has 0 fully saturated rings. The van der Waals surface area contributed by atoms with E-state index in [2.05, 4.69) is 5.32 Å². The first-order valence-corrected chi connectivity index (χ1v) is 5.68. The molecule has 0 aliphatic rings. The first-order chi connectivity index (χ1) is 7.88. The van der Waals surface area contributed by atoms with Gasteiger partial charge in [0.15, 0.2) is 0 Å². The van der Waals surface area contributed by atoms with Crippen LogP contribution >= 0.6 is 0 Å². The molecule has 0 aliphatic heterocycles. The minimum Gasteiger partial charge on any atom is -0.389 e. The largest absolute Gasteiger partial charge is 0.389 e. The van der Waals surface area contributed by atoms with Crippen LogP contribution in [0.4, 0.5) is 0 Å². The van der Waals surface area contributed by atoms with Crippen LogP contribution < -0.4 is 11.1 Å². The van der Waals surface area contributed by atoms with Crippen molar-refractivity contribution in [3.8, 4) is 0 Å². The van der Waals surface area contributed by atoms with Gasteiger partial charge in [-0.2, -0.15) is 0 Å². The highest BCUT2D eigenvalue weighted by molar-refractivity contribution is 5.81. The SMILES string of the molecule is CC(C)(O)CNC(=O)C(N)Cc1ccccc1. The topological polar surface area (TPSA) is 75.3 Å². The second-order valence-corrected chi connectivity index (χ2v) is 4.83. The maximum atomic E-state index is 11.6. The van der Waals surface area contributed by atoms with Crippen molar-refractivity contribution in [1.82, 2.24) is 5.32 Å². The Kier molecular flexibility index (Phi) is 4.66. The second kappa shape index (κ2) is 5.80. The lowest BCUT2D eigenvalue weighted by Crippen LogP contribution is -2.46. The van der Waals surface area contributed by atoms with Crippen LogP contribution in [0.25, 0.3) is 0 Å². The molecule has 1 unspecified atom stereocenters. The lowest BCUT2D eigenvalue weighted by atomic mass is 10.1. The number of carbonyl (C=O) groups is 1. The monoisotopic (exact) mass is 236 g/mol. The van der Waals surface area contributed by atoms with Gasteiger partial charge in [-0.1, -0.05) is 30.3 Å². The van der Waals surface area contributed by atoms with Crippen LogP contribution in [-0.2, 0) is 11.2 Å². The van der Waals surface area contributed by atoms with Crippen molar-refractivity contribution in [2.75, 3.05) is 6.54 Å². The van der Waals surface area contributed by atoms with E-state index in [0.29, 0.717) is 6.42 Å². The summed E-state index contributed by atoms with van der Waals surface area (Å²) in [4.78, 5) is 11.6. The molecule has 0 saturated heterocycles. The van der Waals surface area contributed by atoms with Crippen molar-refractivity contribution < 1.29 is 9.90 Å². The molecule has 94 valence electrons. The molecular weight excluding hydrogens is 216 g/mol. The van der Waals surface area contributed by atoms with E-state index in [1.807, 2.05) is 30.3 Å². The smallest absolute Gasteiger partial charge is 0.237 e. The fourth-order valence-electron chi connectivity index (χ4n) is 1.40. The Hall–Kier alpha value is -1.39. The van der Waals surface area contributed by atoms with Crippen molar-refractivity contribution in [1.29, 1.82) is 0 Å². The van der Waals surface area contributed by atoms with Crippen LogP contribution in [0.3, 0.4) is 0 Å². The number of hydrogen-bond acceptors (Lipinski definition) is 3. The average Bonchev–Trinajstić information content (AvgIpc) is 2.26. The van der Waals surface area contributed by atoms with E-state index < -0.39 is 11.6 Å². The minimum absolute atomic E-state index is 0.203. The molecule has 0 aliphatic carbocycles. The number of nitrogens with one attached hydrogen (secondary N) is 1. The Bertz CT molecular complexity index is 357. The molecule has 4 nitrogen and oxygen atoms in total. The fraction of sp³-hybridized carbons (Fsp3) is 0.462. The molecule has 4 heteroatoms. The number of benzene rings is 1. The van der Waals surface area contributed by atoms with E-state index in [4.69, 9.17) is 5.73 Å². The molecule has 17 heavy (non-hydrogen) atoms. The van der Waals surface area contributed by atoms with E-state index >= 15 is 0 Å². The summed E-state index contributed by atoms with van der Waals surface area (Å²) in [6, 6.07) is 9.03. The summed E-state index contributed by atoms with van der Waals surface area (Å²) in [6.07, 6.45) is 0.499. The zero-order chi connectivity index (χ0) is 12.9. The lowest BCUT2D eigenvalue weighted by Gasteiger charge is -2.19. The van der Waals surface area contributed by atoms with Crippen LogP contribution in [0, 0.1) is 0 Å². The number of rotatable bonds is 5. The fourth-order valence-corrected chi connectivity index (χ4v) is 1.40. The average molecular weight is 236 g/mol. The second-order valence-electron chi connectivity index (χ2n) is 4.83. The van der Waals surface area contributed by atoms with E-state index in [0.717, 1.165) is 5.56 Å². The standard InChI is InChI=1S/C13H20N2O2/c1-13(2,17)9-15-12(16)11(14)8-10-6-4-3-5-7-10/h3-7,11,17H,8-9,14H2,1-2H3,(H,15,16). The Morgan fingerprint density at radius 1 is 1.41 bits per heavy atom. The van der Waals surface area contributed by atoms with E-state index in [-0.39, 0.29) is 12.5 Å². The van der Waals surface area contributed by atoms with Crippen LogP contribution in [0.15, 0.2) is 30.3 Å². The molecule has 0 heterocycles. The zero-order valence-electron chi connectivity index (χ0n) is 10.3. The molecular formula is C13H20N2O2. The van der Waals surface area contributed by atoms with Gasteiger partial charge in [0.2, 0.25) is 5.91 Å². The Morgan fingerprint density at radius 2 is 2.00 bits per heavy atom. The number of aliphatic hydroxyl groups is 1. The predicted octanol–water partition coefficient (Wildman–Crippen LogP) is 0.444. The zero-order valence-corrected chi connectivity index (χ0v) is 10.3. The first kappa shape index (κ1) is 13.7. The highest BCUT2D eigenvalue weighted by Crippen LogP contribution is 2.02. The van der Waals surface area contributed by atoms with Gasteiger partial charge in [0.1, 0.15) is 0 Å². The van der Waals surface area contributed by atoms with Crippen molar-refractivity contribution in [3.63, 3.8) is 0 Å². The molecule has 0 saturated carbocycles. The van der Waals surface area contributed by atoms with Crippen LogP contribution in [0.1, 0.15) is 19.4 Å². The number of amides is 1. The summed E-state index contributed by atoms with van der Waals surface area (Å²) in [6.45, 7) is 3.47. The Labute approximate surface area is 102 Å². The first-order valence-electron chi connectivity index (χ1n) is 5.68. The molecule has 0 radical (unpaired) electrons. The molecule has 4 N–H and O–H groups in total. The maximum Gasteiger partial charge on any atom is 0.237 e. The van der Waals surface area contributed by atoms with Crippen LogP contribution in [0.2, 0.25) is 0 Å². The van der Waals surface area contributed by atoms with Crippen LogP contribution in [-0.4, -0.2) is 29.2 Å². The Balaban J connectivity index is 2.43. The maximum absolute atomic E-state index is 11.6. The number of nitrogens with two attached hydrogens (primary N) is 1.